The van der Waals surface area contributed by atoms with Crippen molar-refractivity contribution < 1.29 is 4.74 Å². The number of hydrogen-bond acceptors (Lipinski definition) is 1. The van der Waals surface area contributed by atoms with E-state index in [1.54, 1.807) is 0 Å². The van der Waals surface area contributed by atoms with E-state index >= 15 is 0 Å². The lowest BCUT2D eigenvalue weighted by atomic mass is 9.59. The molecule has 2 heteroatoms. The molecule has 3 atom stereocenters. The minimum absolute atomic E-state index is 0.0483. The molecule has 2 aromatic rings. The number of benzene rings is 2. The largest absolute Gasteiger partial charge is 0.353 e. The topological polar surface area (TPSA) is 9.23 Å². The van der Waals surface area contributed by atoms with Crippen molar-refractivity contribution in [3.8, 4) is 0 Å². The Morgan fingerprint density at radius 3 is 2.57 bits per heavy atom. The number of allylic oxidation sites excluding steroid dienone is 6. The molecule has 0 aromatic heterocycles. The molecule has 0 amide bonds. The van der Waals surface area contributed by atoms with Gasteiger partial charge in [0.2, 0.25) is 0 Å². The van der Waals surface area contributed by atoms with Crippen molar-refractivity contribution >= 4 is 11.6 Å². The lowest BCUT2D eigenvalue weighted by Crippen LogP contribution is -2.41. The van der Waals surface area contributed by atoms with Crippen LogP contribution >= 0.6 is 11.6 Å². The fourth-order valence-corrected chi connectivity index (χ4v) is 5.39. The quantitative estimate of drug-likeness (QED) is 0.571. The summed E-state index contributed by atoms with van der Waals surface area (Å²) in [5.74, 6) is 0. The molecular weight excluding hydrogens is 364 g/mol. The van der Waals surface area contributed by atoms with Gasteiger partial charge in [-0.1, -0.05) is 84.4 Å². The second-order valence-corrected chi connectivity index (χ2v) is 8.29. The molecule has 0 saturated carbocycles. The molecular formula is C26H19ClO. The Morgan fingerprint density at radius 1 is 0.964 bits per heavy atom. The molecule has 3 unspecified atom stereocenters. The zero-order valence-electron chi connectivity index (χ0n) is 15.3. The fraction of sp³-hybridized carbons (Fsp3) is 0.154. The van der Waals surface area contributed by atoms with Crippen LogP contribution in [0.1, 0.15) is 17.5 Å². The second-order valence-electron chi connectivity index (χ2n) is 7.85. The van der Waals surface area contributed by atoms with Crippen LogP contribution < -0.4 is 0 Å². The van der Waals surface area contributed by atoms with Crippen LogP contribution in [0.3, 0.4) is 0 Å². The number of rotatable bonds is 2. The molecule has 1 saturated heterocycles. The summed E-state index contributed by atoms with van der Waals surface area (Å²) in [4.78, 5) is 0. The lowest BCUT2D eigenvalue weighted by Gasteiger charge is -2.40. The van der Waals surface area contributed by atoms with Gasteiger partial charge in [-0.25, -0.2) is 0 Å². The summed E-state index contributed by atoms with van der Waals surface area (Å²) < 4.78 is 6.73. The standard InChI is InChI=1S/C26H19ClO/c27-22-12-10-21(11-13-22)26(20-8-2-1-3-9-20)23-16-18-6-4-5-7-19(18)17-25(23)15-14-24(26)28-25/h1-6,8-17,24H,7H2. The Morgan fingerprint density at radius 2 is 1.75 bits per heavy atom. The molecule has 28 heavy (non-hydrogen) atoms. The first-order chi connectivity index (χ1) is 13.7. The third-order valence-corrected chi connectivity index (χ3v) is 6.70. The molecule has 136 valence electrons. The van der Waals surface area contributed by atoms with Crippen molar-refractivity contribution in [1.82, 2.24) is 0 Å². The van der Waals surface area contributed by atoms with Crippen LogP contribution in [0.4, 0.5) is 0 Å². The van der Waals surface area contributed by atoms with Crippen molar-refractivity contribution in [1.29, 1.82) is 0 Å². The van der Waals surface area contributed by atoms with E-state index < -0.39 is 5.60 Å². The van der Waals surface area contributed by atoms with Gasteiger partial charge in [0.1, 0.15) is 5.60 Å². The van der Waals surface area contributed by atoms with Crippen molar-refractivity contribution in [2.45, 2.75) is 23.5 Å². The van der Waals surface area contributed by atoms with E-state index in [4.69, 9.17) is 16.3 Å². The molecule has 2 bridgehead atoms. The van der Waals surface area contributed by atoms with Crippen LogP contribution in [-0.4, -0.2) is 11.7 Å². The number of fused-ring (bicyclic) bond motifs is 2. The maximum Gasteiger partial charge on any atom is 0.129 e. The summed E-state index contributed by atoms with van der Waals surface area (Å²) in [6, 6.07) is 19.0. The molecule has 2 aliphatic carbocycles. The molecule has 1 spiro atoms. The molecule has 4 aliphatic rings. The van der Waals surface area contributed by atoms with Crippen LogP contribution in [0, 0.1) is 0 Å². The predicted octanol–water partition coefficient (Wildman–Crippen LogP) is 6.09. The van der Waals surface area contributed by atoms with Gasteiger partial charge in [-0.15, -0.1) is 0 Å². The van der Waals surface area contributed by atoms with Crippen LogP contribution in [0.2, 0.25) is 5.02 Å². The monoisotopic (exact) mass is 382 g/mol. The van der Waals surface area contributed by atoms with Crippen molar-refractivity contribution in [3.63, 3.8) is 0 Å². The van der Waals surface area contributed by atoms with Crippen LogP contribution in [0.15, 0.2) is 114 Å². The molecule has 2 aromatic carbocycles. The van der Waals surface area contributed by atoms with Gasteiger partial charge in [0.25, 0.3) is 0 Å². The Hall–Kier alpha value is -2.61. The summed E-state index contributed by atoms with van der Waals surface area (Å²) >= 11 is 6.23. The highest BCUT2D eigenvalue weighted by Gasteiger charge is 2.62. The third kappa shape index (κ3) is 2.01. The van der Waals surface area contributed by atoms with E-state index in [0.717, 1.165) is 11.4 Å². The molecule has 1 fully saturated rings. The molecule has 0 radical (unpaired) electrons. The maximum absolute atomic E-state index is 6.73. The van der Waals surface area contributed by atoms with E-state index in [0.29, 0.717) is 0 Å². The minimum atomic E-state index is -0.460. The Balaban J connectivity index is 1.67. The van der Waals surface area contributed by atoms with E-state index in [1.807, 2.05) is 12.1 Å². The summed E-state index contributed by atoms with van der Waals surface area (Å²) in [6.45, 7) is 0. The van der Waals surface area contributed by atoms with Crippen molar-refractivity contribution in [2.75, 3.05) is 0 Å². The van der Waals surface area contributed by atoms with Crippen LogP contribution in [-0.2, 0) is 10.2 Å². The third-order valence-electron chi connectivity index (χ3n) is 6.45. The molecule has 1 nitrogen and oxygen atoms in total. The molecule has 6 rings (SSSR count). The predicted molar refractivity (Wildman–Crippen MR) is 113 cm³/mol. The van der Waals surface area contributed by atoms with Gasteiger partial charge >= 0.3 is 0 Å². The highest BCUT2D eigenvalue weighted by atomic mass is 35.5. The second kappa shape index (κ2) is 5.70. The van der Waals surface area contributed by atoms with E-state index in [2.05, 4.69) is 85.0 Å². The molecule has 2 aliphatic heterocycles. The first-order valence-electron chi connectivity index (χ1n) is 9.73. The average Bonchev–Trinajstić information content (AvgIpc) is 3.27. The zero-order chi connectivity index (χ0) is 18.8. The lowest BCUT2D eigenvalue weighted by molar-refractivity contribution is 0.0662. The Bertz CT molecular complexity index is 1120. The first-order valence-corrected chi connectivity index (χ1v) is 10.1. The smallest absolute Gasteiger partial charge is 0.129 e. The number of ether oxygens (including phenoxy) is 1. The van der Waals surface area contributed by atoms with Crippen LogP contribution in [0.25, 0.3) is 0 Å². The van der Waals surface area contributed by atoms with Gasteiger partial charge < -0.3 is 4.74 Å². The van der Waals surface area contributed by atoms with Gasteiger partial charge in [0.05, 0.1) is 11.5 Å². The van der Waals surface area contributed by atoms with Crippen molar-refractivity contribution in [2.24, 2.45) is 0 Å². The highest BCUT2D eigenvalue weighted by molar-refractivity contribution is 6.30. The Labute approximate surface area is 170 Å². The zero-order valence-corrected chi connectivity index (χ0v) is 16.1. The van der Waals surface area contributed by atoms with Gasteiger partial charge in [-0.2, -0.15) is 0 Å². The van der Waals surface area contributed by atoms with E-state index in [1.165, 1.54) is 27.8 Å². The van der Waals surface area contributed by atoms with Crippen LogP contribution in [0.5, 0.6) is 0 Å². The van der Waals surface area contributed by atoms with Gasteiger partial charge in [0.15, 0.2) is 0 Å². The number of hydrogen-bond donors (Lipinski definition) is 0. The summed E-state index contributed by atoms with van der Waals surface area (Å²) in [5.41, 5.74) is 5.59. The fourth-order valence-electron chi connectivity index (χ4n) is 5.26. The molecule has 2 heterocycles. The van der Waals surface area contributed by atoms with Crippen molar-refractivity contribution in [3.05, 3.63) is 130 Å². The van der Waals surface area contributed by atoms with Gasteiger partial charge in [-0.05, 0) is 58.6 Å². The Kier molecular flexibility index (Phi) is 3.33. The first kappa shape index (κ1) is 16.4. The SMILES string of the molecule is Clc1ccc(C2(c3ccccc3)C3=CC4=CC=CCC4=CC34C=CC2O4)cc1. The normalized spacial score (nSPS) is 31.8. The summed E-state index contributed by atoms with van der Waals surface area (Å²) in [7, 11) is 0. The van der Waals surface area contributed by atoms with E-state index in [9.17, 15) is 0 Å². The maximum atomic E-state index is 6.73. The summed E-state index contributed by atoms with van der Waals surface area (Å²) in [5, 5.41) is 0.751. The molecule has 0 N–H and O–H groups in total. The summed E-state index contributed by atoms with van der Waals surface area (Å²) in [6.07, 6.45) is 16.6. The average molecular weight is 383 g/mol. The minimum Gasteiger partial charge on any atom is -0.353 e. The number of halogens is 1. The highest BCUT2D eigenvalue weighted by Crippen LogP contribution is 2.61. The van der Waals surface area contributed by atoms with Gasteiger partial charge in [0, 0.05) is 5.02 Å². The van der Waals surface area contributed by atoms with E-state index in [-0.39, 0.29) is 11.5 Å². The van der Waals surface area contributed by atoms with Gasteiger partial charge in [-0.3, -0.25) is 0 Å².